The van der Waals surface area contributed by atoms with E-state index in [-0.39, 0.29) is 5.56 Å². The lowest BCUT2D eigenvalue weighted by Crippen LogP contribution is -2.12. The molecule has 0 saturated heterocycles. The van der Waals surface area contributed by atoms with Crippen molar-refractivity contribution in [1.82, 2.24) is 5.16 Å². The van der Waals surface area contributed by atoms with Gasteiger partial charge in [-0.2, -0.15) is 5.16 Å². The Hall–Kier alpha value is -1.03. The van der Waals surface area contributed by atoms with Crippen LogP contribution in [0, 0.1) is 5.92 Å². The fraction of sp³-hybridized carbons (Fsp3) is 0.571. The van der Waals surface area contributed by atoms with Crippen molar-refractivity contribution in [2.75, 3.05) is 6.54 Å². The first-order valence-electron chi connectivity index (χ1n) is 3.60. The lowest BCUT2D eigenvalue weighted by atomic mass is 10.1. The molecule has 1 heterocycles. The molecule has 1 rings (SSSR count). The zero-order valence-corrected chi connectivity index (χ0v) is 6.46. The lowest BCUT2D eigenvalue weighted by Gasteiger charge is -2.02. The van der Waals surface area contributed by atoms with E-state index in [9.17, 15) is 4.79 Å². The molecule has 0 aromatic carbocycles. The average Bonchev–Trinajstić information content (AvgIpc) is 2.35. The van der Waals surface area contributed by atoms with Crippen LogP contribution in [0.1, 0.15) is 12.7 Å². The first-order valence-corrected chi connectivity index (χ1v) is 3.60. The molecule has 62 valence electrons. The number of nitrogens with two attached hydrogens (primary N) is 1. The summed E-state index contributed by atoms with van der Waals surface area (Å²) >= 11 is 0. The minimum absolute atomic E-state index is 0.191. The van der Waals surface area contributed by atoms with E-state index in [0.717, 1.165) is 6.42 Å². The number of hydrogen-bond acceptors (Lipinski definition) is 3. The van der Waals surface area contributed by atoms with Crippen molar-refractivity contribution in [3.8, 4) is 0 Å². The number of rotatable bonds is 3. The maximum Gasteiger partial charge on any atom is 0.280 e. The van der Waals surface area contributed by atoms with E-state index >= 15 is 0 Å². The van der Waals surface area contributed by atoms with Crippen molar-refractivity contribution in [2.45, 2.75) is 13.3 Å². The molecule has 3 N–H and O–H groups in total. The molecule has 0 bridgehead atoms. The van der Waals surface area contributed by atoms with Crippen LogP contribution < -0.4 is 11.3 Å². The molecule has 0 amide bonds. The van der Waals surface area contributed by atoms with Gasteiger partial charge in [-0.3, -0.25) is 4.79 Å². The summed E-state index contributed by atoms with van der Waals surface area (Å²) < 4.78 is 4.84. The van der Waals surface area contributed by atoms with Gasteiger partial charge in [0.05, 0.1) is 0 Å². The number of H-pyrrole nitrogens is 1. The zero-order valence-electron chi connectivity index (χ0n) is 6.46. The second-order valence-electron chi connectivity index (χ2n) is 2.72. The Kier molecular flexibility index (Phi) is 2.48. The second-order valence-corrected chi connectivity index (χ2v) is 2.72. The van der Waals surface area contributed by atoms with E-state index in [0.29, 0.717) is 18.2 Å². The second kappa shape index (κ2) is 3.39. The van der Waals surface area contributed by atoms with Crippen LogP contribution in [0.2, 0.25) is 0 Å². The van der Waals surface area contributed by atoms with E-state index in [2.05, 4.69) is 5.16 Å². The third kappa shape index (κ3) is 2.23. The van der Waals surface area contributed by atoms with Gasteiger partial charge in [0.25, 0.3) is 5.56 Å². The molecular formula is C7H12N2O2. The smallest absolute Gasteiger partial charge is 0.280 e. The number of hydrogen-bond donors (Lipinski definition) is 2. The molecule has 1 atom stereocenters. The summed E-state index contributed by atoms with van der Waals surface area (Å²) in [6, 6.07) is 1.45. The normalized spacial score (nSPS) is 13.3. The van der Waals surface area contributed by atoms with Crippen LogP contribution in [0.15, 0.2) is 15.4 Å². The van der Waals surface area contributed by atoms with Crippen LogP contribution in [-0.4, -0.2) is 11.7 Å². The topological polar surface area (TPSA) is 72.0 Å². The van der Waals surface area contributed by atoms with Crippen LogP contribution in [-0.2, 0) is 6.42 Å². The van der Waals surface area contributed by atoms with E-state index in [1.807, 2.05) is 6.92 Å². The van der Waals surface area contributed by atoms with Gasteiger partial charge in [0.1, 0.15) is 5.76 Å². The van der Waals surface area contributed by atoms with Crippen LogP contribution in [0.5, 0.6) is 0 Å². The molecule has 0 saturated carbocycles. The number of nitrogens with one attached hydrogen (secondary N) is 1. The van der Waals surface area contributed by atoms with Gasteiger partial charge in [0.15, 0.2) is 0 Å². The SMILES string of the molecule is CC(CN)Cc1cc(=O)[nH]o1. The summed E-state index contributed by atoms with van der Waals surface area (Å²) in [5.74, 6) is 1.03. The largest absolute Gasteiger partial charge is 0.384 e. The summed E-state index contributed by atoms with van der Waals surface area (Å²) in [5, 5.41) is 2.23. The molecule has 0 spiro atoms. The van der Waals surface area contributed by atoms with E-state index in [1.54, 1.807) is 0 Å². The molecule has 4 heteroatoms. The van der Waals surface area contributed by atoms with Gasteiger partial charge in [0, 0.05) is 12.5 Å². The standard InChI is InChI=1S/C7H12N2O2/c1-5(4-8)2-6-3-7(10)9-11-6/h3,5H,2,4,8H2,1H3,(H,9,10). The molecule has 11 heavy (non-hydrogen) atoms. The van der Waals surface area contributed by atoms with E-state index in [1.165, 1.54) is 6.07 Å². The highest BCUT2D eigenvalue weighted by molar-refractivity contribution is 4.94. The highest BCUT2D eigenvalue weighted by atomic mass is 16.5. The highest BCUT2D eigenvalue weighted by Gasteiger charge is 2.04. The minimum Gasteiger partial charge on any atom is -0.384 e. The van der Waals surface area contributed by atoms with Crippen molar-refractivity contribution < 1.29 is 4.52 Å². The molecule has 0 fully saturated rings. The van der Waals surface area contributed by atoms with Crippen LogP contribution in [0.4, 0.5) is 0 Å². The van der Waals surface area contributed by atoms with E-state index < -0.39 is 0 Å². The third-order valence-corrected chi connectivity index (χ3v) is 1.53. The maximum atomic E-state index is 10.6. The highest BCUT2D eigenvalue weighted by Crippen LogP contribution is 2.03. The third-order valence-electron chi connectivity index (χ3n) is 1.53. The summed E-state index contributed by atoms with van der Waals surface area (Å²) in [6.45, 7) is 2.61. The summed E-state index contributed by atoms with van der Waals surface area (Å²) in [6.07, 6.45) is 0.718. The van der Waals surface area contributed by atoms with Crippen molar-refractivity contribution in [3.63, 3.8) is 0 Å². The summed E-state index contributed by atoms with van der Waals surface area (Å²) in [5.41, 5.74) is 5.21. The molecule has 0 aliphatic rings. The molecular weight excluding hydrogens is 144 g/mol. The van der Waals surface area contributed by atoms with Crippen LogP contribution in [0.25, 0.3) is 0 Å². The average molecular weight is 156 g/mol. The summed E-state index contributed by atoms with van der Waals surface area (Å²) in [4.78, 5) is 10.6. The predicted octanol–water partition coefficient (Wildman–Crippen LogP) is 0.105. The number of aromatic nitrogens is 1. The van der Waals surface area contributed by atoms with Crippen molar-refractivity contribution in [2.24, 2.45) is 11.7 Å². The molecule has 1 aromatic heterocycles. The van der Waals surface area contributed by atoms with Crippen molar-refractivity contribution in [3.05, 3.63) is 22.2 Å². The Morgan fingerprint density at radius 1 is 1.82 bits per heavy atom. The summed E-state index contributed by atoms with van der Waals surface area (Å²) in [7, 11) is 0. The van der Waals surface area contributed by atoms with Gasteiger partial charge in [-0.05, 0) is 12.5 Å². The molecule has 4 nitrogen and oxygen atoms in total. The molecule has 0 aliphatic heterocycles. The van der Waals surface area contributed by atoms with Gasteiger partial charge in [0.2, 0.25) is 0 Å². The maximum absolute atomic E-state index is 10.6. The Bertz CT molecular complexity index is 263. The van der Waals surface area contributed by atoms with Gasteiger partial charge in [-0.1, -0.05) is 6.92 Å². The molecule has 1 unspecified atom stereocenters. The van der Waals surface area contributed by atoms with Gasteiger partial charge in [-0.15, -0.1) is 0 Å². The van der Waals surface area contributed by atoms with Gasteiger partial charge < -0.3 is 10.3 Å². The fourth-order valence-corrected chi connectivity index (χ4v) is 0.848. The lowest BCUT2D eigenvalue weighted by molar-refractivity contribution is 0.361. The van der Waals surface area contributed by atoms with Crippen LogP contribution >= 0.6 is 0 Å². The monoisotopic (exact) mass is 156 g/mol. The Labute approximate surface area is 64.4 Å². The van der Waals surface area contributed by atoms with Crippen LogP contribution in [0.3, 0.4) is 0 Å². The predicted molar refractivity (Wildman–Crippen MR) is 41.3 cm³/mol. The fourth-order valence-electron chi connectivity index (χ4n) is 0.848. The van der Waals surface area contributed by atoms with Crippen molar-refractivity contribution >= 4 is 0 Å². The van der Waals surface area contributed by atoms with Gasteiger partial charge in [-0.25, -0.2) is 0 Å². The molecule has 1 aromatic rings. The quantitative estimate of drug-likeness (QED) is 0.652. The van der Waals surface area contributed by atoms with Crippen molar-refractivity contribution in [1.29, 1.82) is 0 Å². The molecule has 0 aliphatic carbocycles. The minimum atomic E-state index is -0.191. The Morgan fingerprint density at radius 3 is 3.00 bits per heavy atom. The Balaban J connectivity index is 2.57. The number of aromatic amines is 1. The van der Waals surface area contributed by atoms with Gasteiger partial charge >= 0.3 is 0 Å². The van der Waals surface area contributed by atoms with E-state index in [4.69, 9.17) is 10.3 Å². The zero-order chi connectivity index (χ0) is 8.27. The first-order chi connectivity index (χ1) is 5.22. The molecule has 0 radical (unpaired) electrons. The Morgan fingerprint density at radius 2 is 2.55 bits per heavy atom. The first kappa shape index (κ1) is 8.07.